The van der Waals surface area contributed by atoms with E-state index >= 15 is 0 Å². The molecule has 1 atom stereocenters. The number of hydrogen-bond donors (Lipinski definition) is 2. The van der Waals surface area contributed by atoms with Gasteiger partial charge in [0.2, 0.25) is 11.8 Å². The number of amides is 2. The number of benzene rings is 2. The van der Waals surface area contributed by atoms with Crippen LogP contribution in [0.1, 0.15) is 13.8 Å². The number of nitrogens with one attached hydrogen (secondary N) is 1. The average Bonchev–Trinajstić information content (AvgIpc) is 2.62. The van der Waals surface area contributed by atoms with Gasteiger partial charge in [0.1, 0.15) is 6.04 Å². The molecule has 5 nitrogen and oxygen atoms in total. The fourth-order valence-electron chi connectivity index (χ4n) is 2.46. The Morgan fingerprint density at radius 2 is 1.76 bits per heavy atom. The molecule has 0 aliphatic carbocycles. The van der Waals surface area contributed by atoms with Crippen LogP contribution in [-0.4, -0.2) is 30.2 Å². The van der Waals surface area contributed by atoms with Crippen LogP contribution in [0.15, 0.2) is 59.5 Å². The maximum atomic E-state index is 12.8. The number of nitrogens with zero attached hydrogens (tertiary/aromatic N) is 1. The molecular formula is C19H23N3O2S. The number of para-hydroxylation sites is 2. The molecule has 0 unspecified atom stereocenters. The molecule has 0 heterocycles. The van der Waals surface area contributed by atoms with Gasteiger partial charge >= 0.3 is 0 Å². The van der Waals surface area contributed by atoms with Crippen molar-refractivity contribution in [2.45, 2.75) is 24.8 Å². The Morgan fingerprint density at radius 3 is 2.40 bits per heavy atom. The lowest BCUT2D eigenvalue weighted by molar-refractivity contribution is -0.119. The number of rotatable bonds is 8. The van der Waals surface area contributed by atoms with Gasteiger partial charge in [0.15, 0.2) is 0 Å². The number of carbonyl (C=O) groups excluding carboxylic acids is 2. The molecule has 25 heavy (non-hydrogen) atoms. The van der Waals surface area contributed by atoms with Crippen LogP contribution in [-0.2, 0) is 9.59 Å². The van der Waals surface area contributed by atoms with E-state index in [1.165, 1.54) is 11.8 Å². The van der Waals surface area contributed by atoms with Crippen molar-refractivity contribution in [2.75, 3.05) is 22.5 Å². The summed E-state index contributed by atoms with van der Waals surface area (Å²) in [4.78, 5) is 26.5. The molecule has 0 aromatic heterocycles. The fraction of sp³-hybridized carbons (Fsp3) is 0.263. The smallest absolute Gasteiger partial charge is 0.249 e. The van der Waals surface area contributed by atoms with Crippen molar-refractivity contribution in [3.63, 3.8) is 0 Å². The van der Waals surface area contributed by atoms with E-state index < -0.39 is 6.04 Å². The van der Waals surface area contributed by atoms with Gasteiger partial charge in [-0.15, -0.1) is 11.8 Å². The largest absolute Gasteiger partial charge is 0.373 e. The molecule has 2 rings (SSSR count). The van der Waals surface area contributed by atoms with E-state index in [-0.39, 0.29) is 17.6 Å². The van der Waals surface area contributed by atoms with Crippen molar-refractivity contribution in [3.8, 4) is 0 Å². The van der Waals surface area contributed by atoms with Crippen LogP contribution in [0.3, 0.4) is 0 Å². The molecule has 0 spiro atoms. The van der Waals surface area contributed by atoms with Crippen molar-refractivity contribution in [2.24, 2.45) is 5.73 Å². The highest BCUT2D eigenvalue weighted by molar-refractivity contribution is 8.00. The summed E-state index contributed by atoms with van der Waals surface area (Å²) in [5.41, 5.74) is 6.91. The summed E-state index contributed by atoms with van der Waals surface area (Å²) in [6.07, 6.45) is 0. The Balaban J connectivity index is 2.12. The Hall–Kier alpha value is -2.47. The second-order valence-corrected chi connectivity index (χ2v) is 6.55. The molecule has 6 heteroatoms. The number of nitrogens with two attached hydrogens (primary N) is 1. The van der Waals surface area contributed by atoms with Crippen molar-refractivity contribution >= 4 is 35.0 Å². The van der Waals surface area contributed by atoms with Gasteiger partial charge in [-0.05, 0) is 38.1 Å². The van der Waals surface area contributed by atoms with E-state index in [1.807, 2.05) is 68.4 Å². The number of carbonyl (C=O) groups is 2. The number of primary amides is 1. The van der Waals surface area contributed by atoms with Crippen LogP contribution in [0.25, 0.3) is 0 Å². The predicted octanol–water partition coefficient (Wildman–Crippen LogP) is 3.12. The third-order valence-corrected chi connectivity index (χ3v) is 4.75. The zero-order valence-corrected chi connectivity index (χ0v) is 15.3. The summed E-state index contributed by atoms with van der Waals surface area (Å²) < 4.78 is 0. The molecule has 0 aliphatic heterocycles. The summed E-state index contributed by atoms with van der Waals surface area (Å²) >= 11 is 1.36. The standard InChI is InChI=1S/C19H23N3O2S/c1-3-22(15-9-5-4-6-10-15)19(24)14(2)21-16-11-7-8-12-17(16)25-13-18(20)23/h4-12,14,21H,3,13H2,1-2H3,(H2,20,23)/t14-/m1/s1. The SMILES string of the molecule is CCN(C(=O)[C@@H](C)Nc1ccccc1SCC(N)=O)c1ccccc1. The Labute approximate surface area is 152 Å². The van der Waals surface area contributed by atoms with Crippen molar-refractivity contribution in [1.82, 2.24) is 0 Å². The van der Waals surface area contributed by atoms with Crippen molar-refractivity contribution in [1.29, 1.82) is 0 Å². The lowest BCUT2D eigenvalue weighted by atomic mass is 10.2. The van der Waals surface area contributed by atoms with E-state index in [4.69, 9.17) is 5.73 Å². The molecule has 0 radical (unpaired) electrons. The minimum absolute atomic E-state index is 0.0107. The normalized spacial score (nSPS) is 11.6. The van der Waals surface area contributed by atoms with E-state index in [2.05, 4.69) is 5.32 Å². The van der Waals surface area contributed by atoms with Crippen LogP contribution in [0.4, 0.5) is 11.4 Å². The van der Waals surface area contributed by atoms with E-state index in [9.17, 15) is 9.59 Å². The first-order valence-corrected chi connectivity index (χ1v) is 9.14. The van der Waals surface area contributed by atoms with Gasteiger partial charge in [0.05, 0.1) is 5.75 Å². The number of likely N-dealkylation sites (N-methyl/N-ethyl adjacent to an activating group) is 1. The second kappa shape index (κ2) is 9.13. The first-order chi connectivity index (χ1) is 12.0. The molecule has 2 aromatic rings. The van der Waals surface area contributed by atoms with Crippen LogP contribution in [0.5, 0.6) is 0 Å². The van der Waals surface area contributed by atoms with Crippen molar-refractivity contribution < 1.29 is 9.59 Å². The van der Waals surface area contributed by atoms with E-state index in [0.29, 0.717) is 6.54 Å². The summed E-state index contributed by atoms with van der Waals surface area (Å²) in [6.45, 7) is 4.38. The zero-order valence-electron chi connectivity index (χ0n) is 14.4. The Bertz CT molecular complexity index is 722. The molecule has 0 saturated heterocycles. The molecule has 0 saturated carbocycles. The zero-order chi connectivity index (χ0) is 18.2. The molecule has 2 aromatic carbocycles. The van der Waals surface area contributed by atoms with Gasteiger partial charge in [-0.1, -0.05) is 30.3 Å². The monoisotopic (exact) mass is 357 g/mol. The fourth-order valence-corrected chi connectivity index (χ4v) is 3.22. The van der Waals surface area contributed by atoms with E-state index in [1.54, 1.807) is 4.90 Å². The van der Waals surface area contributed by atoms with Crippen LogP contribution in [0, 0.1) is 0 Å². The molecular weight excluding hydrogens is 334 g/mol. The maximum absolute atomic E-state index is 12.8. The Kier molecular flexibility index (Phi) is 6.89. The van der Waals surface area contributed by atoms with E-state index in [0.717, 1.165) is 16.3 Å². The summed E-state index contributed by atoms with van der Waals surface area (Å²) in [6, 6.07) is 16.8. The van der Waals surface area contributed by atoms with Gasteiger partial charge in [-0.3, -0.25) is 9.59 Å². The minimum Gasteiger partial charge on any atom is -0.373 e. The van der Waals surface area contributed by atoms with Gasteiger partial charge < -0.3 is 16.0 Å². The lowest BCUT2D eigenvalue weighted by Crippen LogP contribution is -2.41. The van der Waals surface area contributed by atoms with Crippen LogP contribution in [0.2, 0.25) is 0 Å². The highest BCUT2D eigenvalue weighted by Gasteiger charge is 2.21. The third kappa shape index (κ3) is 5.26. The second-order valence-electron chi connectivity index (χ2n) is 5.54. The highest BCUT2D eigenvalue weighted by Crippen LogP contribution is 2.27. The number of thioether (sulfide) groups is 1. The number of hydrogen-bond acceptors (Lipinski definition) is 4. The molecule has 0 bridgehead atoms. The summed E-state index contributed by atoms with van der Waals surface area (Å²) in [5, 5.41) is 3.25. The molecule has 132 valence electrons. The summed E-state index contributed by atoms with van der Waals surface area (Å²) in [7, 11) is 0. The van der Waals surface area contributed by atoms with Gasteiger partial charge in [0.25, 0.3) is 0 Å². The average molecular weight is 357 g/mol. The predicted molar refractivity (Wildman–Crippen MR) is 104 cm³/mol. The third-order valence-electron chi connectivity index (χ3n) is 3.65. The maximum Gasteiger partial charge on any atom is 0.249 e. The van der Waals surface area contributed by atoms with Crippen LogP contribution < -0.4 is 16.0 Å². The quantitative estimate of drug-likeness (QED) is 0.712. The Morgan fingerprint density at radius 1 is 1.12 bits per heavy atom. The van der Waals surface area contributed by atoms with Gasteiger partial charge in [0, 0.05) is 22.8 Å². The highest BCUT2D eigenvalue weighted by atomic mass is 32.2. The summed E-state index contributed by atoms with van der Waals surface area (Å²) in [5.74, 6) is -0.180. The molecule has 0 fully saturated rings. The van der Waals surface area contributed by atoms with Gasteiger partial charge in [-0.25, -0.2) is 0 Å². The van der Waals surface area contributed by atoms with Gasteiger partial charge in [-0.2, -0.15) is 0 Å². The lowest BCUT2D eigenvalue weighted by Gasteiger charge is -2.26. The van der Waals surface area contributed by atoms with Crippen molar-refractivity contribution in [3.05, 3.63) is 54.6 Å². The molecule has 2 amide bonds. The van der Waals surface area contributed by atoms with Crippen LogP contribution >= 0.6 is 11.8 Å². The first kappa shape index (κ1) is 18.9. The minimum atomic E-state index is -0.407. The first-order valence-electron chi connectivity index (χ1n) is 8.16. The molecule has 0 aliphatic rings. The molecule has 3 N–H and O–H groups in total. The topological polar surface area (TPSA) is 75.4 Å². The number of anilines is 2.